The van der Waals surface area contributed by atoms with E-state index in [0.717, 1.165) is 18.3 Å². The van der Waals surface area contributed by atoms with Gasteiger partial charge < -0.3 is 10.1 Å². The Balaban J connectivity index is 1.66. The Morgan fingerprint density at radius 2 is 1.94 bits per heavy atom. The van der Waals surface area contributed by atoms with Gasteiger partial charge in [0.25, 0.3) is 0 Å². The van der Waals surface area contributed by atoms with Gasteiger partial charge >= 0.3 is 6.09 Å². The molecule has 172 valence electrons. The quantitative estimate of drug-likeness (QED) is 0.447. The van der Waals surface area contributed by atoms with E-state index >= 15 is 0 Å². The molecule has 31 heavy (non-hydrogen) atoms. The molecule has 0 aliphatic heterocycles. The van der Waals surface area contributed by atoms with Gasteiger partial charge in [0.1, 0.15) is 0 Å². The summed E-state index contributed by atoms with van der Waals surface area (Å²) in [7, 11) is 0. The van der Waals surface area contributed by atoms with Crippen molar-refractivity contribution >= 4 is 6.09 Å². The van der Waals surface area contributed by atoms with E-state index in [-0.39, 0.29) is 18.2 Å². The highest BCUT2D eigenvalue weighted by Gasteiger charge is 2.29. The van der Waals surface area contributed by atoms with Crippen LogP contribution < -0.4 is 5.32 Å². The summed E-state index contributed by atoms with van der Waals surface area (Å²) in [6.07, 6.45) is 21.2. The third-order valence-corrected chi connectivity index (χ3v) is 7.40. The number of nitrogens with one attached hydrogen (secondary N) is 1. The van der Waals surface area contributed by atoms with Crippen LogP contribution in [0.1, 0.15) is 86.0 Å². The minimum absolute atomic E-state index is 0.00669. The maximum absolute atomic E-state index is 12.1. The molecule has 3 atom stereocenters. The maximum Gasteiger partial charge on any atom is 0.407 e. The highest BCUT2D eigenvalue weighted by Crippen LogP contribution is 2.41. The van der Waals surface area contributed by atoms with Gasteiger partial charge in [-0.1, -0.05) is 62.6 Å². The van der Waals surface area contributed by atoms with Crippen molar-refractivity contribution in [3.63, 3.8) is 0 Å². The molecule has 3 aliphatic rings. The fraction of sp³-hybridized carbons (Fsp3) is 0.679. The van der Waals surface area contributed by atoms with Gasteiger partial charge in [0, 0.05) is 5.92 Å². The number of allylic oxidation sites excluding steroid dienone is 6. The average Bonchev–Trinajstić information content (AvgIpc) is 2.72. The largest absolute Gasteiger partial charge is 0.447 e. The third kappa shape index (κ3) is 6.85. The van der Waals surface area contributed by atoms with Crippen LogP contribution in [0.3, 0.4) is 0 Å². The van der Waals surface area contributed by atoms with Crippen molar-refractivity contribution < 1.29 is 9.53 Å². The summed E-state index contributed by atoms with van der Waals surface area (Å²) in [6.45, 7) is 10.7. The van der Waals surface area contributed by atoms with Crippen molar-refractivity contribution in [3.05, 3.63) is 47.1 Å². The zero-order valence-corrected chi connectivity index (χ0v) is 20.3. The van der Waals surface area contributed by atoms with E-state index in [0.29, 0.717) is 11.8 Å². The van der Waals surface area contributed by atoms with Crippen LogP contribution in [0.5, 0.6) is 0 Å². The molecule has 1 amide bonds. The Morgan fingerprint density at radius 3 is 2.61 bits per heavy atom. The van der Waals surface area contributed by atoms with Crippen molar-refractivity contribution in [3.8, 4) is 0 Å². The molecule has 0 saturated heterocycles. The fourth-order valence-electron chi connectivity index (χ4n) is 5.55. The normalized spacial score (nSPS) is 31.8. The van der Waals surface area contributed by atoms with Crippen LogP contribution in [0.2, 0.25) is 0 Å². The van der Waals surface area contributed by atoms with Gasteiger partial charge in [-0.3, -0.25) is 0 Å². The highest BCUT2D eigenvalue weighted by atomic mass is 16.6. The molecule has 3 rings (SSSR count). The van der Waals surface area contributed by atoms with Crippen LogP contribution in [-0.4, -0.2) is 18.2 Å². The van der Waals surface area contributed by atoms with Gasteiger partial charge in [-0.25, -0.2) is 4.79 Å². The first-order valence-corrected chi connectivity index (χ1v) is 12.6. The number of ether oxygens (including phenoxy) is 1. The molecule has 1 N–H and O–H groups in total. The number of hydrogen-bond donors (Lipinski definition) is 1. The number of carbonyl (C=O) groups is 1. The highest BCUT2D eigenvalue weighted by molar-refractivity contribution is 5.68. The molecule has 3 aliphatic carbocycles. The first-order chi connectivity index (χ1) is 14.9. The van der Waals surface area contributed by atoms with Crippen LogP contribution in [0.4, 0.5) is 4.79 Å². The van der Waals surface area contributed by atoms with Crippen LogP contribution in [0.15, 0.2) is 47.1 Å². The average molecular weight is 426 g/mol. The number of carbonyl (C=O) groups excluding carboxylic acids is 1. The predicted molar refractivity (Wildman–Crippen MR) is 130 cm³/mol. The van der Waals surface area contributed by atoms with Crippen molar-refractivity contribution in [2.45, 2.75) is 98.1 Å². The molecule has 0 aromatic carbocycles. The van der Waals surface area contributed by atoms with Crippen molar-refractivity contribution in [2.75, 3.05) is 0 Å². The van der Waals surface area contributed by atoms with Crippen molar-refractivity contribution in [2.24, 2.45) is 23.7 Å². The molecular formula is C28H43NO2. The van der Waals surface area contributed by atoms with E-state index in [1.165, 1.54) is 56.1 Å². The van der Waals surface area contributed by atoms with Crippen LogP contribution in [0, 0.1) is 23.7 Å². The summed E-state index contributed by atoms with van der Waals surface area (Å²) < 4.78 is 5.27. The first kappa shape index (κ1) is 23.9. The fourth-order valence-corrected chi connectivity index (χ4v) is 5.55. The zero-order chi connectivity index (χ0) is 22.4. The Labute approximate surface area is 190 Å². The molecule has 1 saturated carbocycles. The summed E-state index contributed by atoms with van der Waals surface area (Å²) in [5.74, 6) is 2.95. The molecular weight excluding hydrogens is 382 g/mol. The summed E-state index contributed by atoms with van der Waals surface area (Å²) in [5, 5.41) is 3.01. The maximum atomic E-state index is 12.1. The van der Waals surface area contributed by atoms with Gasteiger partial charge in [0.2, 0.25) is 0 Å². The van der Waals surface area contributed by atoms with E-state index in [2.05, 4.69) is 56.5 Å². The molecule has 0 aromatic heterocycles. The predicted octanol–water partition coefficient (Wildman–Crippen LogP) is 7.51. The topological polar surface area (TPSA) is 38.3 Å². The third-order valence-electron chi connectivity index (χ3n) is 7.40. The Bertz CT molecular complexity index is 734. The second-order valence-corrected chi connectivity index (χ2v) is 10.4. The zero-order valence-electron chi connectivity index (χ0n) is 20.3. The van der Waals surface area contributed by atoms with Crippen molar-refractivity contribution in [1.82, 2.24) is 5.32 Å². The number of alkyl carbamates (subject to hydrolysis) is 1. The summed E-state index contributed by atoms with van der Waals surface area (Å²) in [6, 6.07) is -0.00669. The summed E-state index contributed by atoms with van der Waals surface area (Å²) in [5.41, 5.74) is 4.47. The summed E-state index contributed by atoms with van der Waals surface area (Å²) >= 11 is 0. The van der Waals surface area contributed by atoms with Gasteiger partial charge in [-0.05, 0) is 88.2 Å². The molecule has 0 bridgehead atoms. The van der Waals surface area contributed by atoms with Gasteiger partial charge in [-0.2, -0.15) is 0 Å². The van der Waals surface area contributed by atoms with E-state index in [1.54, 1.807) is 5.57 Å². The second kappa shape index (κ2) is 11.2. The lowest BCUT2D eigenvalue weighted by Crippen LogP contribution is -2.36. The van der Waals surface area contributed by atoms with Crippen molar-refractivity contribution in [1.29, 1.82) is 0 Å². The van der Waals surface area contributed by atoms with E-state index < -0.39 is 0 Å². The Kier molecular flexibility index (Phi) is 8.63. The van der Waals surface area contributed by atoms with Gasteiger partial charge in [0.05, 0.1) is 12.1 Å². The standard InChI is InChI=1S/C28H43NO2/c1-6-26(24-8-7-9-25(18-24)29-28(30)31-19(2)3)27-17-23(15-12-21(27)5)16-22-13-10-20(4)11-14-22/h6-9,17,19-22,25,27H,10-16,18H2,1-5H3,(H,29,30). The van der Waals surface area contributed by atoms with Crippen LogP contribution in [0.25, 0.3) is 0 Å². The molecule has 0 radical (unpaired) electrons. The molecule has 3 unspecified atom stereocenters. The number of hydrogen-bond acceptors (Lipinski definition) is 2. The minimum Gasteiger partial charge on any atom is -0.447 e. The number of rotatable bonds is 6. The smallest absolute Gasteiger partial charge is 0.407 e. The molecule has 0 heterocycles. The summed E-state index contributed by atoms with van der Waals surface area (Å²) in [4.78, 5) is 12.1. The van der Waals surface area contributed by atoms with E-state index in [4.69, 9.17) is 4.74 Å². The lowest BCUT2D eigenvalue weighted by atomic mass is 9.71. The van der Waals surface area contributed by atoms with Crippen LogP contribution >= 0.6 is 0 Å². The van der Waals surface area contributed by atoms with Gasteiger partial charge in [0.15, 0.2) is 0 Å². The van der Waals surface area contributed by atoms with E-state index in [1.807, 2.05) is 13.8 Å². The Hall–Kier alpha value is -1.77. The monoisotopic (exact) mass is 425 g/mol. The molecule has 3 nitrogen and oxygen atoms in total. The molecule has 3 heteroatoms. The van der Waals surface area contributed by atoms with Gasteiger partial charge in [-0.15, -0.1) is 0 Å². The lowest BCUT2D eigenvalue weighted by molar-refractivity contribution is 0.113. The number of amides is 1. The second-order valence-electron chi connectivity index (χ2n) is 10.4. The molecule has 0 spiro atoms. The lowest BCUT2D eigenvalue weighted by Gasteiger charge is -2.34. The van der Waals surface area contributed by atoms with Crippen LogP contribution in [-0.2, 0) is 4.74 Å². The molecule has 0 aromatic rings. The SMILES string of the molecule is CC=C(C1=CC=CC(NC(=O)OC(C)C)C1)C1C=C(CC2CCC(C)CC2)CCC1C. The minimum atomic E-state index is -0.331. The molecule has 1 fully saturated rings. The van der Waals surface area contributed by atoms with E-state index in [9.17, 15) is 4.79 Å². The Morgan fingerprint density at radius 1 is 1.19 bits per heavy atom. The first-order valence-electron chi connectivity index (χ1n) is 12.6.